The molecule has 3 atom stereocenters. The number of aliphatic imine (C=N–C) groups is 2. The molecule has 6 heteroatoms. The number of rotatable bonds is 5. The minimum atomic E-state index is -0.418. The maximum Gasteiger partial charge on any atom is 0.169 e. The molecule has 3 unspecified atom stereocenters. The predicted molar refractivity (Wildman–Crippen MR) is 235 cm³/mol. The van der Waals surface area contributed by atoms with Crippen molar-refractivity contribution in [2.75, 3.05) is 0 Å². The van der Waals surface area contributed by atoms with Gasteiger partial charge in [-0.2, -0.15) is 0 Å². The number of nitrogens with one attached hydrogen (secondary N) is 1. The second kappa shape index (κ2) is 12.8. The molecule has 3 aliphatic rings. The van der Waals surface area contributed by atoms with Crippen molar-refractivity contribution in [3.8, 4) is 22.6 Å². The molecular formula is C51H34N4OS. The first-order chi connectivity index (χ1) is 28.2. The van der Waals surface area contributed by atoms with E-state index >= 15 is 0 Å². The fraction of sp³-hybridized carbons (Fsp3) is 0.0588. The summed E-state index contributed by atoms with van der Waals surface area (Å²) in [5.41, 5.74) is 11.3. The quantitative estimate of drug-likeness (QED) is 0.190. The van der Waals surface area contributed by atoms with Crippen LogP contribution in [0.15, 0.2) is 186 Å². The van der Waals surface area contributed by atoms with Gasteiger partial charge in [-0.15, -0.1) is 11.3 Å². The molecule has 7 aromatic carbocycles. The number of amidine groups is 2. The molecule has 1 aliphatic carbocycles. The van der Waals surface area contributed by atoms with Gasteiger partial charge in [0.1, 0.15) is 23.5 Å². The van der Waals surface area contributed by atoms with Crippen molar-refractivity contribution in [3.05, 3.63) is 209 Å². The normalized spacial score (nSPS) is 18.1. The monoisotopic (exact) mass is 750 g/mol. The Bertz CT molecular complexity index is 3140. The molecule has 12 rings (SSSR count). The minimum absolute atomic E-state index is 0.0662. The largest absolute Gasteiger partial charge is 0.484 e. The molecule has 0 radical (unpaired) electrons. The van der Waals surface area contributed by atoms with Crippen LogP contribution in [0.1, 0.15) is 51.7 Å². The maximum atomic E-state index is 6.88. The molecule has 4 heterocycles. The third-order valence-corrected chi connectivity index (χ3v) is 12.8. The molecule has 0 spiro atoms. The van der Waals surface area contributed by atoms with E-state index < -0.39 is 6.17 Å². The standard InChI is InChI=1S/C51H34N4OS/c1-3-11-31(12-4-1)32-19-21-33(22-20-32)49-52-50(54-51(53-49)35-23-25-38-37-15-8-10-18-45(37)57-46(38)30-35)34-24-28-44-41(29-34)39-26-27-43-47(48(39)56-44)40-16-7-9-17-42(40)55(43)36-13-5-2-6-14-36/h1-30,39,48,51H,(H,52,53,54). The van der Waals surface area contributed by atoms with Crippen molar-refractivity contribution in [1.82, 2.24) is 9.88 Å². The molecule has 0 bridgehead atoms. The molecule has 1 N–H and O–H groups in total. The van der Waals surface area contributed by atoms with Crippen LogP contribution in [0.2, 0.25) is 0 Å². The fourth-order valence-electron chi connectivity index (χ4n) is 8.92. The molecule has 2 aliphatic heterocycles. The van der Waals surface area contributed by atoms with Gasteiger partial charge >= 0.3 is 0 Å². The van der Waals surface area contributed by atoms with Crippen LogP contribution in [0.3, 0.4) is 0 Å². The Hall–Kier alpha value is -7.02. The first-order valence-electron chi connectivity index (χ1n) is 19.4. The topological polar surface area (TPSA) is 50.9 Å². The van der Waals surface area contributed by atoms with Gasteiger partial charge in [-0.25, -0.2) is 9.98 Å². The van der Waals surface area contributed by atoms with E-state index in [-0.39, 0.29) is 12.0 Å². The lowest BCUT2D eigenvalue weighted by atomic mass is 9.85. The summed E-state index contributed by atoms with van der Waals surface area (Å²) in [6, 6.07) is 60.2. The average Bonchev–Trinajstić information content (AvgIpc) is 3.96. The highest BCUT2D eigenvalue weighted by Gasteiger charge is 2.40. The van der Waals surface area contributed by atoms with Gasteiger partial charge in [0, 0.05) is 59.4 Å². The van der Waals surface area contributed by atoms with Crippen LogP contribution >= 0.6 is 11.3 Å². The highest BCUT2D eigenvalue weighted by atomic mass is 32.1. The van der Waals surface area contributed by atoms with Crippen molar-refractivity contribution in [1.29, 1.82) is 0 Å². The Labute approximate surface area is 333 Å². The van der Waals surface area contributed by atoms with Gasteiger partial charge in [0.2, 0.25) is 0 Å². The first kappa shape index (κ1) is 32.2. The van der Waals surface area contributed by atoms with Crippen LogP contribution in [-0.2, 0) is 0 Å². The smallest absolute Gasteiger partial charge is 0.169 e. The van der Waals surface area contributed by atoms with Gasteiger partial charge in [-0.05, 0) is 71.3 Å². The zero-order valence-corrected chi connectivity index (χ0v) is 31.5. The van der Waals surface area contributed by atoms with E-state index in [1.165, 1.54) is 59.0 Å². The summed E-state index contributed by atoms with van der Waals surface area (Å²) < 4.78 is 11.8. The number of fused-ring (bicyclic) bond motifs is 10. The summed E-state index contributed by atoms with van der Waals surface area (Å²) in [5.74, 6) is 2.57. The Morgan fingerprint density at radius 2 is 1.23 bits per heavy atom. The number of ether oxygens (including phenoxy) is 1. The van der Waals surface area contributed by atoms with E-state index in [1.54, 1.807) is 0 Å². The zero-order chi connectivity index (χ0) is 37.5. The third-order valence-electron chi connectivity index (χ3n) is 11.6. The van der Waals surface area contributed by atoms with Crippen LogP contribution in [0.25, 0.3) is 54.0 Å². The lowest BCUT2D eigenvalue weighted by Crippen LogP contribution is -2.36. The summed E-state index contributed by atoms with van der Waals surface area (Å²) in [6.45, 7) is 0. The number of nitrogens with zero attached hydrogens (tertiary/aromatic N) is 3. The number of para-hydroxylation sites is 2. The molecule has 5 nitrogen and oxygen atoms in total. The van der Waals surface area contributed by atoms with Crippen molar-refractivity contribution >= 4 is 60.2 Å². The predicted octanol–water partition coefficient (Wildman–Crippen LogP) is 12.4. The van der Waals surface area contributed by atoms with Crippen LogP contribution < -0.4 is 10.1 Å². The number of benzene rings is 7. The Morgan fingerprint density at radius 3 is 2.07 bits per heavy atom. The zero-order valence-electron chi connectivity index (χ0n) is 30.7. The Balaban J connectivity index is 0.940. The molecule has 0 saturated heterocycles. The molecule has 0 saturated carbocycles. The Morgan fingerprint density at radius 1 is 0.561 bits per heavy atom. The molecular weight excluding hydrogens is 717 g/mol. The van der Waals surface area contributed by atoms with E-state index in [0.717, 1.165) is 39.8 Å². The number of hydrogen-bond acceptors (Lipinski definition) is 5. The van der Waals surface area contributed by atoms with Gasteiger partial charge in [0.15, 0.2) is 6.17 Å². The average molecular weight is 751 g/mol. The summed E-state index contributed by atoms with van der Waals surface area (Å²) in [5, 5.41) is 7.44. The van der Waals surface area contributed by atoms with Gasteiger partial charge in [-0.1, -0.05) is 127 Å². The molecule has 270 valence electrons. The Kier molecular flexibility index (Phi) is 7.22. The van der Waals surface area contributed by atoms with Gasteiger partial charge in [-0.3, -0.25) is 0 Å². The lowest BCUT2D eigenvalue weighted by Gasteiger charge is -2.23. The number of hydrogen-bond donors (Lipinski definition) is 1. The SMILES string of the molecule is C1=CC2c3cc(C4=NC(c5ccc6c(c5)sc5ccccc56)N=C(c5ccc(-c6ccccc6)cc5)N4)ccc3OC2c2c1n(-c1ccccc1)c1ccccc21. The lowest BCUT2D eigenvalue weighted by molar-refractivity contribution is 0.224. The summed E-state index contributed by atoms with van der Waals surface area (Å²) >= 11 is 1.82. The van der Waals surface area contributed by atoms with E-state index in [2.05, 4.69) is 186 Å². The second-order valence-corrected chi connectivity index (χ2v) is 16.0. The fourth-order valence-corrected chi connectivity index (χ4v) is 10.1. The summed E-state index contributed by atoms with van der Waals surface area (Å²) in [7, 11) is 0. The van der Waals surface area contributed by atoms with Gasteiger partial charge in [0.25, 0.3) is 0 Å². The van der Waals surface area contributed by atoms with Crippen LogP contribution in [0, 0.1) is 0 Å². The van der Waals surface area contributed by atoms with Crippen molar-refractivity contribution < 1.29 is 4.74 Å². The maximum absolute atomic E-state index is 6.88. The highest BCUT2D eigenvalue weighted by Crippen LogP contribution is 2.53. The van der Waals surface area contributed by atoms with Crippen LogP contribution in [-0.4, -0.2) is 16.2 Å². The van der Waals surface area contributed by atoms with Gasteiger partial charge < -0.3 is 14.6 Å². The molecule has 9 aromatic rings. The van der Waals surface area contributed by atoms with Gasteiger partial charge in [0.05, 0.1) is 11.2 Å². The van der Waals surface area contributed by atoms with E-state index in [9.17, 15) is 0 Å². The van der Waals surface area contributed by atoms with Crippen molar-refractivity contribution in [2.24, 2.45) is 9.98 Å². The molecule has 0 fully saturated rings. The highest BCUT2D eigenvalue weighted by molar-refractivity contribution is 7.25. The molecule has 2 aromatic heterocycles. The van der Waals surface area contributed by atoms with Crippen molar-refractivity contribution in [3.63, 3.8) is 0 Å². The third kappa shape index (κ3) is 5.21. The van der Waals surface area contributed by atoms with Crippen LogP contribution in [0.4, 0.5) is 0 Å². The van der Waals surface area contributed by atoms with Crippen molar-refractivity contribution in [2.45, 2.75) is 18.2 Å². The van der Waals surface area contributed by atoms with E-state index in [0.29, 0.717) is 0 Å². The number of aromatic nitrogens is 1. The molecule has 57 heavy (non-hydrogen) atoms. The second-order valence-electron chi connectivity index (χ2n) is 14.9. The minimum Gasteiger partial charge on any atom is -0.484 e. The molecule has 0 amide bonds. The van der Waals surface area contributed by atoms with E-state index in [4.69, 9.17) is 14.7 Å². The number of thiophene rings is 1. The summed E-state index contributed by atoms with van der Waals surface area (Å²) in [6.07, 6.45) is 4.06. The van der Waals surface area contributed by atoms with E-state index in [1.807, 2.05) is 17.4 Å². The first-order valence-corrected chi connectivity index (χ1v) is 20.2. The summed E-state index contributed by atoms with van der Waals surface area (Å²) in [4.78, 5) is 10.6. The van der Waals surface area contributed by atoms with Crippen LogP contribution in [0.5, 0.6) is 5.75 Å².